The zero-order valence-electron chi connectivity index (χ0n) is 6.88. The number of aromatic nitrogens is 2. The second-order valence-electron chi connectivity index (χ2n) is 2.65. The van der Waals surface area contributed by atoms with E-state index in [-0.39, 0.29) is 11.9 Å². The van der Waals surface area contributed by atoms with Gasteiger partial charge >= 0.3 is 0 Å². The third-order valence-electron chi connectivity index (χ3n) is 1.67. The first-order valence-corrected chi connectivity index (χ1v) is 3.68. The van der Waals surface area contributed by atoms with Crippen molar-refractivity contribution in [1.82, 2.24) is 9.55 Å². The van der Waals surface area contributed by atoms with Gasteiger partial charge in [0, 0.05) is 24.9 Å². The summed E-state index contributed by atoms with van der Waals surface area (Å²) in [4.78, 5) is 3.90. The SMILES string of the molecule is CC(C/C(N)=N/O)n1ccnc1. The first kappa shape index (κ1) is 8.58. The molecule has 5 heteroatoms. The number of nitrogens with two attached hydrogens (primary N) is 1. The van der Waals surface area contributed by atoms with Gasteiger partial charge in [0.1, 0.15) is 5.84 Å². The minimum absolute atomic E-state index is 0.170. The Bertz CT molecular complexity index is 254. The molecular formula is C7H12N4O. The standard InChI is InChI=1S/C7H12N4O/c1-6(4-7(8)10-12)11-3-2-9-5-11/h2-3,5-6,12H,4H2,1H3,(H2,8,10). The van der Waals surface area contributed by atoms with Crippen LogP contribution in [0.15, 0.2) is 23.9 Å². The van der Waals surface area contributed by atoms with E-state index >= 15 is 0 Å². The van der Waals surface area contributed by atoms with Gasteiger partial charge in [-0.25, -0.2) is 4.98 Å². The molecule has 0 saturated carbocycles. The van der Waals surface area contributed by atoms with Crippen molar-refractivity contribution in [1.29, 1.82) is 0 Å². The second-order valence-corrected chi connectivity index (χ2v) is 2.65. The van der Waals surface area contributed by atoms with Crippen LogP contribution in [0, 0.1) is 0 Å². The predicted octanol–water partition coefficient (Wildman–Crippen LogP) is 0.581. The van der Waals surface area contributed by atoms with Crippen LogP contribution in [0.5, 0.6) is 0 Å². The van der Waals surface area contributed by atoms with Crippen molar-refractivity contribution >= 4 is 5.84 Å². The maximum atomic E-state index is 8.32. The molecule has 1 heterocycles. The van der Waals surface area contributed by atoms with Gasteiger partial charge in [-0.05, 0) is 6.92 Å². The van der Waals surface area contributed by atoms with Crippen LogP contribution in [0.3, 0.4) is 0 Å². The van der Waals surface area contributed by atoms with Gasteiger partial charge in [0.25, 0.3) is 0 Å². The van der Waals surface area contributed by atoms with Gasteiger partial charge in [0.15, 0.2) is 0 Å². The van der Waals surface area contributed by atoms with Crippen molar-refractivity contribution in [3.8, 4) is 0 Å². The maximum Gasteiger partial charge on any atom is 0.141 e. The highest BCUT2D eigenvalue weighted by Gasteiger charge is 2.05. The van der Waals surface area contributed by atoms with Crippen molar-refractivity contribution in [3.05, 3.63) is 18.7 Å². The molecule has 1 unspecified atom stereocenters. The molecule has 3 N–H and O–H groups in total. The Kier molecular flexibility index (Phi) is 2.68. The smallest absolute Gasteiger partial charge is 0.141 e. The molecule has 0 saturated heterocycles. The van der Waals surface area contributed by atoms with Crippen LogP contribution in [0.2, 0.25) is 0 Å². The zero-order chi connectivity index (χ0) is 8.97. The van der Waals surface area contributed by atoms with E-state index in [1.54, 1.807) is 12.5 Å². The minimum atomic E-state index is 0.170. The van der Waals surface area contributed by atoms with E-state index in [4.69, 9.17) is 10.9 Å². The molecule has 0 spiro atoms. The van der Waals surface area contributed by atoms with Crippen molar-refractivity contribution in [2.75, 3.05) is 0 Å². The van der Waals surface area contributed by atoms with Crippen LogP contribution < -0.4 is 5.73 Å². The molecule has 66 valence electrons. The Morgan fingerprint density at radius 1 is 1.83 bits per heavy atom. The lowest BCUT2D eigenvalue weighted by atomic mass is 10.2. The number of rotatable bonds is 3. The molecule has 1 aromatic rings. The molecule has 0 aliphatic carbocycles. The van der Waals surface area contributed by atoms with E-state index in [1.807, 2.05) is 17.7 Å². The van der Waals surface area contributed by atoms with E-state index < -0.39 is 0 Å². The van der Waals surface area contributed by atoms with Gasteiger partial charge in [-0.1, -0.05) is 5.16 Å². The van der Waals surface area contributed by atoms with E-state index in [0.717, 1.165) is 0 Å². The summed E-state index contributed by atoms with van der Waals surface area (Å²) < 4.78 is 1.90. The van der Waals surface area contributed by atoms with E-state index in [0.29, 0.717) is 6.42 Å². The number of nitrogens with zero attached hydrogens (tertiary/aromatic N) is 3. The molecule has 0 fully saturated rings. The van der Waals surface area contributed by atoms with Crippen LogP contribution in [0.25, 0.3) is 0 Å². The van der Waals surface area contributed by atoms with Gasteiger partial charge in [-0.2, -0.15) is 0 Å². The summed E-state index contributed by atoms with van der Waals surface area (Å²) in [6.07, 6.45) is 5.76. The first-order chi connectivity index (χ1) is 5.74. The summed E-state index contributed by atoms with van der Waals surface area (Å²) in [5.41, 5.74) is 5.35. The summed E-state index contributed by atoms with van der Waals surface area (Å²) in [6, 6.07) is 0.170. The van der Waals surface area contributed by atoms with E-state index in [2.05, 4.69) is 10.1 Å². The first-order valence-electron chi connectivity index (χ1n) is 3.68. The summed E-state index contributed by atoms with van der Waals surface area (Å²) in [5.74, 6) is 0.233. The van der Waals surface area contributed by atoms with E-state index in [1.165, 1.54) is 0 Å². The van der Waals surface area contributed by atoms with Gasteiger partial charge in [-0.3, -0.25) is 0 Å². The molecule has 5 nitrogen and oxygen atoms in total. The number of amidine groups is 1. The van der Waals surface area contributed by atoms with E-state index in [9.17, 15) is 0 Å². The van der Waals surface area contributed by atoms with Crippen LogP contribution in [-0.2, 0) is 0 Å². The normalized spacial score (nSPS) is 14.6. The van der Waals surface area contributed by atoms with Crippen LogP contribution >= 0.6 is 0 Å². The third kappa shape index (κ3) is 1.98. The minimum Gasteiger partial charge on any atom is -0.409 e. The number of oxime groups is 1. The Morgan fingerprint density at radius 3 is 3.08 bits per heavy atom. The number of hydrogen-bond acceptors (Lipinski definition) is 3. The average molecular weight is 168 g/mol. The molecule has 1 atom stereocenters. The van der Waals surface area contributed by atoms with Crippen LogP contribution in [0.1, 0.15) is 19.4 Å². The Hall–Kier alpha value is -1.52. The molecule has 12 heavy (non-hydrogen) atoms. The average Bonchev–Trinajstić information content (AvgIpc) is 2.56. The lowest BCUT2D eigenvalue weighted by Crippen LogP contribution is -2.17. The third-order valence-corrected chi connectivity index (χ3v) is 1.67. The highest BCUT2D eigenvalue weighted by molar-refractivity contribution is 5.79. The largest absolute Gasteiger partial charge is 0.409 e. The molecule has 0 aliphatic rings. The molecule has 0 bridgehead atoms. The number of imidazole rings is 1. The quantitative estimate of drug-likeness (QED) is 0.300. The summed E-state index contributed by atoms with van der Waals surface area (Å²) in [5, 5.41) is 11.2. The van der Waals surface area contributed by atoms with Crippen molar-refractivity contribution < 1.29 is 5.21 Å². The topological polar surface area (TPSA) is 76.4 Å². The Morgan fingerprint density at radius 2 is 2.58 bits per heavy atom. The van der Waals surface area contributed by atoms with Gasteiger partial charge in [0.2, 0.25) is 0 Å². The molecule has 0 aromatic carbocycles. The predicted molar refractivity (Wildman–Crippen MR) is 45.0 cm³/mol. The molecule has 1 rings (SSSR count). The summed E-state index contributed by atoms with van der Waals surface area (Å²) in [7, 11) is 0. The van der Waals surface area contributed by atoms with Crippen molar-refractivity contribution in [2.24, 2.45) is 10.9 Å². The fourth-order valence-electron chi connectivity index (χ4n) is 0.979. The summed E-state index contributed by atoms with van der Waals surface area (Å²) >= 11 is 0. The van der Waals surface area contributed by atoms with Crippen LogP contribution in [-0.4, -0.2) is 20.6 Å². The fourth-order valence-corrected chi connectivity index (χ4v) is 0.979. The molecule has 0 radical (unpaired) electrons. The highest BCUT2D eigenvalue weighted by atomic mass is 16.4. The molecule has 1 aromatic heterocycles. The van der Waals surface area contributed by atoms with Gasteiger partial charge < -0.3 is 15.5 Å². The maximum absolute atomic E-state index is 8.32. The summed E-state index contributed by atoms with van der Waals surface area (Å²) in [6.45, 7) is 1.97. The highest BCUT2D eigenvalue weighted by Crippen LogP contribution is 2.08. The number of hydrogen-bond donors (Lipinski definition) is 2. The van der Waals surface area contributed by atoms with Crippen molar-refractivity contribution in [2.45, 2.75) is 19.4 Å². The fraction of sp³-hybridized carbons (Fsp3) is 0.429. The monoisotopic (exact) mass is 168 g/mol. The second kappa shape index (κ2) is 3.75. The lowest BCUT2D eigenvalue weighted by molar-refractivity contribution is 0.315. The zero-order valence-corrected chi connectivity index (χ0v) is 6.88. The lowest BCUT2D eigenvalue weighted by Gasteiger charge is -2.10. The van der Waals surface area contributed by atoms with Gasteiger partial charge in [-0.15, -0.1) is 0 Å². The Labute approximate surface area is 70.5 Å². The van der Waals surface area contributed by atoms with Crippen molar-refractivity contribution in [3.63, 3.8) is 0 Å². The molecule has 0 aliphatic heterocycles. The molecule has 0 amide bonds. The molecular weight excluding hydrogens is 156 g/mol. The Balaban J connectivity index is 2.55. The van der Waals surface area contributed by atoms with Crippen LogP contribution in [0.4, 0.5) is 0 Å². The van der Waals surface area contributed by atoms with Gasteiger partial charge in [0.05, 0.1) is 6.33 Å².